The molecule has 1 fully saturated rings. The molecule has 0 saturated heterocycles. The molecule has 96 valence electrons. The van der Waals surface area contributed by atoms with Gasteiger partial charge in [0.05, 0.1) is 0 Å². The van der Waals surface area contributed by atoms with Gasteiger partial charge >= 0.3 is 15.4 Å². The van der Waals surface area contributed by atoms with Crippen molar-refractivity contribution in [1.82, 2.24) is 0 Å². The van der Waals surface area contributed by atoms with Crippen molar-refractivity contribution in [2.75, 3.05) is 0 Å². The monoisotopic (exact) mass is 256 g/mol. The molecular formula is C10H18F2O3S. The fraction of sp³-hybridized carbons (Fsp3) is 1.00. The molecular weight excluding hydrogens is 238 g/mol. The molecule has 0 bridgehead atoms. The zero-order valence-electron chi connectivity index (χ0n) is 9.54. The van der Waals surface area contributed by atoms with Crippen LogP contribution in [0.2, 0.25) is 0 Å². The van der Waals surface area contributed by atoms with Crippen LogP contribution in [0.4, 0.5) is 8.78 Å². The molecule has 6 heteroatoms. The highest BCUT2D eigenvalue weighted by Crippen LogP contribution is 2.50. The molecule has 0 aliphatic heterocycles. The summed E-state index contributed by atoms with van der Waals surface area (Å²) in [5, 5.41) is -4.08. The van der Waals surface area contributed by atoms with Gasteiger partial charge in [0.2, 0.25) is 0 Å². The topological polar surface area (TPSA) is 54.4 Å². The summed E-state index contributed by atoms with van der Waals surface area (Å²) in [6.45, 7) is 2.44. The van der Waals surface area contributed by atoms with E-state index in [1.807, 2.05) is 0 Å². The van der Waals surface area contributed by atoms with Crippen LogP contribution in [-0.4, -0.2) is 18.2 Å². The van der Waals surface area contributed by atoms with Gasteiger partial charge < -0.3 is 0 Å². The third kappa shape index (κ3) is 2.22. The molecule has 0 unspecified atom stereocenters. The maximum Gasteiger partial charge on any atom is 0.375 e. The summed E-state index contributed by atoms with van der Waals surface area (Å²) in [6.07, 6.45) is 3.88. The van der Waals surface area contributed by atoms with Crippen molar-refractivity contribution < 1.29 is 21.8 Å². The first-order valence-electron chi connectivity index (χ1n) is 5.45. The second-order valence-electron chi connectivity index (χ2n) is 5.05. The zero-order valence-corrected chi connectivity index (χ0v) is 10.4. The predicted octanol–water partition coefficient (Wildman–Crippen LogP) is 3.07. The highest BCUT2D eigenvalue weighted by atomic mass is 32.2. The Bertz CT molecular complexity index is 343. The number of halogens is 2. The van der Waals surface area contributed by atoms with Crippen LogP contribution in [0.15, 0.2) is 0 Å². The molecule has 0 aromatic heterocycles. The van der Waals surface area contributed by atoms with Gasteiger partial charge in [-0.2, -0.15) is 17.2 Å². The predicted molar refractivity (Wildman–Crippen MR) is 56.9 cm³/mol. The van der Waals surface area contributed by atoms with E-state index in [0.29, 0.717) is 12.8 Å². The van der Waals surface area contributed by atoms with Gasteiger partial charge in [-0.25, -0.2) is 0 Å². The first kappa shape index (κ1) is 13.8. The fourth-order valence-electron chi connectivity index (χ4n) is 2.39. The highest BCUT2D eigenvalue weighted by molar-refractivity contribution is 7.86. The summed E-state index contributed by atoms with van der Waals surface area (Å²) in [6, 6.07) is 0. The lowest BCUT2D eigenvalue weighted by Crippen LogP contribution is -2.48. The zero-order chi connectivity index (χ0) is 12.6. The van der Waals surface area contributed by atoms with Gasteiger partial charge in [0, 0.05) is 5.41 Å². The molecule has 1 rings (SSSR count). The summed E-state index contributed by atoms with van der Waals surface area (Å²) in [7, 11) is -5.34. The summed E-state index contributed by atoms with van der Waals surface area (Å²) < 4.78 is 57.4. The normalized spacial score (nSPS) is 21.1. The molecule has 0 heterocycles. The number of rotatable bonds is 3. The van der Waals surface area contributed by atoms with Crippen LogP contribution in [0.3, 0.4) is 0 Å². The minimum absolute atomic E-state index is 0.363. The van der Waals surface area contributed by atoms with Crippen molar-refractivity contribution >= 4 is 10.1 Å². The molecule has 16 heavy (non-hydrogen) atoms. The Kier molecular flexibility index (Phi) is 3.65. The van der Waals surface area contributed by atoms with E-state index in [1.165, 1.54) is 13.8 Å². The summed E-state index contributed by atoms with van der Waals surface area (Å²) in [4.78, 5) is 0. The van der Waals surface area contributed by atoms with E-state index >= 15 is 0 Å². The maximum atomic E-state index is 13.7. The van der Waals surface area contributed by atoms with E-state index in [0.717, 1.165) is 19.3 Å². The van der Waals surface area contributed by atoms with E-state index in [9.17, 15) is 17.2 Å². The van der Waals surface area contributed by atoms with Crippen LogP contribution >= 0.6 is 0 Å². The first-order valence-corrected chi connectivity index (χ1v) is 6.89. The third-order valence-corrected chi connectivity index (χ3v) is 4.87. The first-order chi connectivity index (χ1) is 7.11. The maximum absolute atomic E-state index is 13.7. The van der Waals surface area contributed by atoms with Gasteiger partial charge in [0.1, 0.15) is 0 Å². The lowest BCUT2D eigenvalue weighted by atomic mass is 9.71. The van der Waals surface area contributed by atoms with Crippen LogP contribution in [-0.2, 0) is 10.1 Å². The molecule has 0 spiro atoms. The Hall–Kier alpha value is -0.230. The van der Waals surface area contributed by atoms with Crippen molar-refractivity contribution in [3.63, 3.8) is 0 Å². The SMILES string of the molecule is CC(C)(C1CCCCC1)C(F)(F)S(=O)(=O)O. The molecule has 0 aromatic rings. The number of alkyl halides is 2. The molecule has 1 saturated carbocycles. The second-order valence-corrected chi connectivity index (χ2v) is 6.51. The third-order valence-electron chi connectivity index (χ3n) is 3.70. The molecule has 3 nitrogen and oxygen atoms in total. The van der Waals surface area contributed by atoms with Crippen LogP contribution in [0.5, 0.6) is 0 Å². The number of hydrogen-bond donors (Lipinski definition) is 1. The molecule has 1 aliphatic rings. The van der Waals surface area contributed by atoms with Gasteiger partial charge in [0.25, 0.3) is 0 Å². The smallest absolute Gasteiger partial charge is 0.281 e. The Labute approximate surface area is 95.0 Å². The van der Waals surface area contributed by atoms with Crippen LogP contribution < -0.4 is 0 Å². The van der Waals surface area contributed by atoms with Gasteiger partial charge in [-0.05, 0) is 18.8 Å². The minimum Gasteiger partial charge on any atom is -0.281 e. The molecule has 1 N–H and O–H groups in total. The average molecular weight is 256 g/mol. The lowest BCUT2D eigenvalue weighted by molar-refractivity contribution is -0.0761. The van der Waals surface area contributed by atoms with E-state index in [1.54, 1.807) is 0 Å². The van der Waals surface area contributed by atoms with Crippen LogP contribution in [0.1, 0.15) is 46.0 Å². The molecule has 0 aromatic carbocycles. The van der Waals surface area contributed by atoms with Crippen LogP contribution in [0.25, 0.3) is 0 Å². The Morgan fingerprint density at radius 1 is 1.12 bits per heavy atom. The minimum atomic E-state index is -5.34. The summed E-state index contributed by atoms with van der Waals surface area (Å²) in [5.74, 6) is -0.363. The largest absolute Gasteiger partial charge is 0.375 e. The molecule has 0 amide bonds. The Morgan fingerprint density at radius 2 is 1.56 bits per heavy atom. The number of hydrogen-bond acceptors (Lipinski definition) is 2. The van der Waals surface area contributed by atoms with E-state index in [-0.39, 0.29) is 5.92 Å². The van der Waals surface area contributed by atoms with E-state index in [2.05, 4.69) is 0 Å². The second kappa shape index (κ2) is 4.22. The molecule has 0 radical (unpaired) electrons. The fourth-order valence-corrected chi connectivity index (χ4v) is 3.23. The van der Waals surface area contributed by atoms with Crippen molar-refractivity contribution in [3.8, 4) is 0 Å². The Morgan fingerprint density at radius 3 is 1.94 bits per heavy atom. The molecule has 1 aliphatic carbocycles. The quantitative estimate of drug-likeness (QED) is 0.789. The highest BCUT2D eigenvalue weighted by Gasteiger charge is 2.60. The van der Waals surface area contributed by atoms with Gasteiger partial charge in [-0.3, -0.25) is 4.55 Å². The van der Waals surface area contributed by atoms with Gasteiger partial charge in [-0.15, -0.1) is 0 Å². The van der Waals surface area contributed by atoms with E-state index in [4.69, 9.17) is 4.55 Å². The van der Waals surface area contributed by atoms with Crippen molar-refractivity contribution in [2.45, 2.75) is 51.2 Å². The summed E-state index contributed by atoms with van der Waals surface area (Å²) >= 11 is 0. The van der Waals surface area contributed by atoms with Gasteiger partial charge in [0.15, 0.2) is 0 Å². The van der Waals surface area contributed by atoms with Crippen molar-refractivity contribution in [1.29, 1.82) is 0 Å². The standard InChI is InChI=1S/C10H18F2O3S/c1-9(2,8-6-4-3-5-7-8)10(11,12)16(13,14)15/h8H,3-7H2,1-2H3,(H,13,14,15). The lowest BCUT2D eigenvalue weighted by Gasteiger charge is -2.40. The molecule has 0 atom stereocenters. The van der Waals surface area contributed by atoms with Gasteiger partial charge in [-0.1, -0.05) is 33.1 Å². The van der Waals surface area contributed by atoms with Crippen LogP contribution in [0, 0.1) is 11.3 Å². The summed E-state index contributed by atoms with van der Waals surface area (Å²) in [5.41, 5.74) is -1.72. The Balaban J connectivity index is 2.99. The van der Waals surface area contributed by atoms with E-state index < -0.39 is 20.8 Å². The average Bonchev–Trinajstić information content (AvgIpc) is 2.17. The van der Waals surface area contributed by atoms with Crippen molar-refractivity contribution in [3.05, 3.63) is 0 Å². The van der Waals surface area contributed by atoms with Crippen molar-refractivity contribution in [2.24, 2.45) is 11.3 Å².